The Hall–Kier alpha value is -3.02. The maximum atomic E-state index is 12.5. The summed E-state index contributed by atoms with van der Waals surface area (Å²) >= 11 is 0. The highest BCUT2D eigenvalue weighted by atomic mass is 16.6. The van der Waals surface area contributed by atoms with Crippen LogP contribution in [0.1, 0.15) is 43.5 Å². The summed E-state index contributed by atoms with van der Waals surface area (Å²) in [4.78, 5) is 24.0. The molecule has 0 spiro atoms. The lowest BCUT2D eigenvalue weighted by Gasteiger charge is -2.12. The quantitative estimate of drug-likeness (QED) is 0.321. The lowest BCUT2D eigenvalue weighted by Crippen LogP contribution is -2.13. The Morgan fingerprint density at radius 3 is 2.50 bits per heavy atom. The van der Waals surface area contributed by atoms with Crippen LogP contribution in [0.5, 0.6) is 17.2 Å². The zero-order chi connectivity index (χ0) is 18.9. The van der Waals surface area contributed by atoms with E-state index in [1.54, 1.807) is 31.2 Å². The van der Waals surface area contributed by atoms with Crippen LogP contribution in [-0.2, 0) is 4.79 Å². The molecule has 138 valence electrons. The molecular weight excluding hydrogens is 334 g/mol. The van der Waals surface area contributed by atoms with E-state index in [1.165, 1.54) is 18.2 Å². The summed E-state index contributed by atoms with van der Waals surface area (Å²) in [6.07, 6.45) is 2.19. The molecule has 0 aliphatic rings. The molecule has 0 atom stereocenters. The predicted molar refractivity (Wildman–Crippen MR) is 98.8 cm³/mol. The number of esters is 1. The Morgan fingerprint density at radius 1 is 1.08 bits per heavy atom. The number of para-hydroxylation sites is 2. The van der Waals surface area contributed by atoms with Gasteiger partial charge < -0.3 is 19.9 Å². The van der Waals surface area contributed by atoms with Crippen molar-refractivity contribution >= 4 is 17.6 Å². The number of rotatable bonds is 8. The molecule has 0 fully saturated rings. The molecule has 0 aliphatic carbocycles. The van der Waals surface area contributed by atoms with Gasteiger partial charge in [-0.25, -0.2) is 4.79 Å². The molecule has 0 unspecified atom stereocenters. The summed E-state index contributed by atoms with van der Waals surface area (Å²) in [6, 6.07) is 11.1. The Balaban J connectivity index is 2.17. The third kappa shape index (κ3) is 5.24. The maximum absolute atomic E-state index is 12.5. The number of unbranched alkanes of at least 4 members (excludes halogenated alkanes) is 1. The van der Waals surface area contributed by atoms with Gasteiger partial charge in [0.05, 0.1) is 6.61 Å². The summed E-state index contributed by atoms with van der Waals surface area (Å²) < 4.78 is 11.0. The third-order valence-electron chi connectivity index (χ3n) is 3.63. The lowest BCUT2D eigenvalue weighted by atomic mass is 10.1. The first-order valence-corrected chi connectivity index (χ1v) is 8.62. The van der Waals surface area contributed by atoms with Crippen molar-refractivity contribution in [2.45, 2.75) is 33.1 Å². The molecule has 0 aromatic heterocycles. The highest BCUT2D eigenvalue weighted by Gasteiger charge is 2.17. The predicted octanol–water partition coefficient (Wildman–Crippen LogP) is 4.14. The number of carbonyl (C=O) groups excluding carboxylic acids is 2. The average molecular weight is 357 g/mol. The monoisotopic (exact) mass is 357 g/mol. The highest BCUT2D eigenvalue weighted by Crippen LogP contribution is 2.29. The van der Waals surface area contributed by atoms with Crippen molar-refractivity contribution in [2.75, 3.05) is 11.9 Å². The van der Waals surface area contributed by atoms with Crippen LogP contribution in [0.4, 0.5) is 5.69 Å². The van der Waals surface area contributed by atoms with Crippen molar-refractivity contribution in [1.29, 1.82) is 0 Å². The molecule has 2 aromatic rings. The first-order chi connectivity index (χ1) is 12.5. The third-order valence-corrected chi connectivity index (χ3v) is 3.63. The van der Waals surface area contributed by atoms with Crippen LogP contribution >= 0.6 is 0 Å². The first-order valence-electron chi connectivity index (χ1n) is 8.62. The molecule has 2 N–H and O–H groups in total. The van der Waals surface area contributed by atoms with Gasteiger partial charge in [-0.2, -0.15) is 0 Å². The van der Waals surface area contributed by atoms with E-state index >= 15 is 0 Å². The highest BCUT2D eigenvalue weighted by molar-refractivity contribution is 5.97. The van der Waals surface area contributed by atoms with E-state index in [0.717, 1.165) is 12.8 Å². The molecule has 0 bridgehead atoms. The van der Waals surface area contributed by atoms with Gasteiger partial charge in [0.2, 0.25) is 5.91 Å². The van der Waals surface area contributed by atoms with Gasteiger partial charge in [-0.05, 0) is 36.8 Å². The fourth-order valence-electron chi connectivity index (χ4n) is 2.16. The van der Waals surface area contributed by atoms with Crippen LogP contribution in [0, 0.1) is 0 Å². The van der Waals surface area contributed by atoms with Gasteiger partial charge >= 0.3 is 5.97 Å². The first kappa shape index (κ1) is 19.3. The summed E-state index contributed by atoms with van der Waals surface area (Å²) in [5, 5.41) is 12.6. The number of phenolic OH excluding ortho intramolecular Hbond substituents is 1. The number of aromatic hydroxyl groups is 1. The van der Waals surface area contributed by atoms with Crippen molar-refractivity contribution in [3.63, 3.8) is 0 Å². The fraction of sp³-hybridized carbons (Fsp3) is 0.300. The SMILES string of the molecule is CCCCOc1ccccc1OC(=O)c1cc(NC(=O)CC)ccc1O. The Morgan fingerprint density at radius 2 is 1.81 bits per heavy atom. The van der Waals surface area contributed by atoms with E-state index in [9.17, 15) is 14.7 Å². The van der Waals surface area contributed by atoms with Crippen LogP contribution in [0.15, 0.2) is 42.5 Å². The van der Waals surface area contributed by atoms with Gasteiger partial charge in [0.1, 0.15) is 11.3 Å². The standard InChI is InChI=1S/C20H23NO5/c1-3-5-12-25-17-8-6-7-9-18(17)26-20(24)15-13-14(10-11-16(15)22)21-19(23)4-2/h6-11,13,22H,3-5,12H2,1-2H3,(H,21,23). The van der Waals surface area contributed by atoms with Crippen LogP contribution in [-0.4, -0.2) is 23.6 Å². The second-order valence-electron chi connectivity index (χ2n) is 5.67. The molecule has 6 heteroatoms. The van der Waals surface area contributed by atoms with Crippen molar-refractivity contribution in [3.05, 3.63) is 48.0 Å². The van der Waals surface area contributed by atoms with Gasteiger partial charge in [-0.15, -0.1) is 0 Å². The smallest absolute Gasteiger partial charge is 0.347 e. The molecule has 6 nitrogen and oxygen atoms in total. The summed E-state index contributed by atoms with van der Waals surface area (Å²) in [5.41, 5.74) is 0.372. The Labute approximate surface area is 152 Å². The van der Waals surface area contributed by atoms with Gasteiger partial charge in [0, 0.05) is 12.1 Å². The second kappa shape index (κ2) is 9.46. The minimum absolute atomic E-state index is 0.0396. The van der Waals surface area contributed by atoms with E-state index < -0.39 is 5.97 Å². The van der Waals surface area contributed by atoms with E-state index in [-0.39, 0.29) is 23.0 Å². The number of anilines is 1. The fourth-order valence-corrected chi connectivity index (χ4v) is 2.16. The number of hydrogen-bond donors (Lipinski definition) is 2. The number of phenols is 1. The van der Waals surface area contributed by atoms with Gasteiger partial charge in [0.25, 0.3) is 0 Å². The van der Waals surface area contributed by atoms with E-state index in [2.05, 4.69) is 12.2 Å². The number of carbonyl (C=O) groups is 2. The van der Waals surface area contributed by atoms with Crippen molar-refractivity contribution in [3.8, 4) is 17.2 Å². The second-order valence-corrected chi connectivity index (χ2v) is 5.67. The average Bonchev–Trinajstić information content (AvgIpc) is 2.64. The lowest BCUT2D eigenvalue weighted by molar-refractivity contribution is -0.115. The molecule has 2 aromatic carbocycles. The molecule has 0 saturated heterocycles. The van der Waals surface area contributed by atoms with Crippen molar-refractivity contribution in [1.82, 2.24) is 0 Å². The molecule has 0 heterocycles. The number of hydrogen-bond acceptors (Lipinski definition) is 5. The molecule has 1 amide bonds. The number of amides is 1. The van der Waals surface area contributed by atoms with Crippen molar-refractivity contribution < 1.29 is 24.2 Å². The topological polar surface area (TPSA) is 84.9 Å². The van der Waals surface area contributed by atoms with E-state index in [1.807, 2.05) is 0 Å². The van der Waals surface area contributed by atoms with Gasteiger partial charge in [-0.3, -0.25) is 4.79 Å². The van der Waals surface area contributed by atoms with Crippen LogP contribution in [0.2, 0.25) is 0 Å². The van der Waals surface area contributed by atoms with E-state index in [4.69, 9.17) is 9.47 Å². The molecule has 26 heavy (non-hydrogen) atoms. The van der Waals surface area contributed by atoms with Crippen LogP contribution in [0.3, 0.4) is 0 Å². The summed E-state index contributed by atoms with van der Waals surface area (Å²) in [7, 11) is 0. The molecule has 0 saturated carbocycles. The molecule has 0 radical (unpaired) electrons. The number of benzene rings is 2. The Bertz CT molecular complexity index is 773. The molecule has 0 aliphatic heterocycles. The number of nitrogens with one attached hydrogen (secondary N) is 1. The summed E-state index contributed by atoms with van der Waals surface area (Å²) in [5.74, 6) is -0.416. The summed E-state index contributed by atoms with van der Waals surface area (Å²) in [6.45, 7) is 4.30. The van der Waals surface area contributed by atoms with E-state index in [0.29, 0.717) is 24.5 Å². The molecular formula is C20H23NO5. The maximum Gasteiger partial charge on any atom is 0.347 e. The van der Waals surface area contributed by atoms with Gasteiger partial charge in [-0.1, -0.05) is 32.4 Å². The zero-order valence-corrected chi connectivity index (χ0v) is 15.0. The normalized spacial score (nSPS) is 10.2. The zero-order valence-electron chi connectivity index (χ0n) is 15.0. The Kier molecular flexibility index (Phi) is 7.02. The number of ether oxygens (including phenoxy) is 2. The van der Waals surface area contributed by atoms with Crippen molar-refractivity contribution in [2.24, 2.45) is 0 Å². The van der Waals surface area contributed by atoms with Crippen LogP contribution in [0.25, 0.3) is 0 Å². The largest absolute Gasteiger partial charge is 0.507 e. The van der Waals surface area contributed by atoms with Gasteiger partial charge in [0.15, 0.2) is 11.5 Å². The van der Waals surface area contributed by atoms with Crippen LogP contribution < -0.4 is 14.8 Å². The minimum atomic E-state index is -0.735. The molecule has 2 rings (SSSR count). The minimum Gasteiger partial charge on any atom is -0.507 e.